The molecule has 0 N–H and O–H groups in total. The van der Waals surface area contributed by atoms with Crippen LogP contribution < -0.4 is 4.90 Å². The standard InChI is InChI=1S/C40H41N5/c1-26-13-12-18-29(25-26)44-34-21-10-8-19-30(34)32-23-24-33-31-20-9-11-22-35(31)45(37(33)36(32)44)40-42-38(27-14-4-2-5-15-27)41-39(43-40)28-16-6-3-7-17-28/h2,4-6,8,10-11,14-17,19,21-26,30,32-34,36-37H,3,7,9,12-13,18,20H2,1H3. The highest BCUT2D eigenvalue weighted by Gasteiger charge is 2.58. The first-order valence-electron chi connectivity index (χ1n) is 17.1. The highest BCUT2D eigenvalue weighted by molar-refractivity contribution is 5.73. The molecule has 226 valence electrons. The van der Waals surface area contributed by atoms with Crippen LogP contribution in [0.3, 0.4) is 0 Å². The van der Waals surface area contributed by atoms with Crippen LogP contribution >= 0.6 is 0 Å². The molecule has 5 aliphatic carbocycles. The predicted molar refractivity (Wildman–Crippen MR) is 182 cm³/mol. The average molecular weight is 592 g/mol. The van der Waals surface area contributed by atoms with Gasteiger partial charge in [0.15, 0.2) is 11.6 Å². The van der Waals surface area contributed by atoms with Gasteiger partial charge in [-0.1, -0.05) is 104 Å². The molecule has 2 aromatic rings. The second-order valence-corrected chi connectivity index (χ2v) is 13.8. The molecule has 1 aromatic carbocycles. The van der Waals surface area contributed by atoms with Gasteiger partial charge >= 0.3 is 0 Å². The molecule has 7 aliphatic rings. The molecular weight excluding hydrogens is 550 g/mol. The molecule has 5 heteroatoms. The van der Waals surface area contributed by atoms with Crippen molar-refractivity contribution in [2.24, 2.45) is 23.7 Å². The molecule has 1 saturated heterocycles. The molecule has 7 atom stereocenters. The zero-order chi connectivity index (χ0) is 29.9. The highest BCUT2D eigenvalue weighted by Crippen LogP contribution is 2.54. The maximum absolute atomic E-state index is 5.33. The molecule has 45 heavy (non-hydrogen) atoms. The number of aromatic nitrogens is 3. The summed E-state index contributed by atoms with van der Waals surface area (Å²) in [5, 5.41) is 0. The lowest BCUT2D eigenvalue weighted by Gasteiger charge is -2.45. The minimum atomic E-state index is 0.216. The zero-order valence-corrected chi connectivity index (χ0v) is 26.0. The summed E-state index contributed by atoms with van der Waals surface area (Å²) >= 11 is 0. The summed E-state index contributed by atoms with van der Waals surface area (Å²) in [6, 6.07) is 11.4. The summed E-state index contributed by atoms with van der Waals surface area (Å²) in [6.45, 7) is 2.39. The molecule has 0 amide bonds. The summed E-state index contributed by atoms with van der Waals surface area (Å²) in [5.41, 5.74) is 6.52. The predicted octanol–water partition coefficient (Wildman–Crippen LogP) is 8.37. The fourth-order valence-corrected chi connectivity index (χ4v) is 9.14. The van der Waals surface area contributed by atoms with Crippen LogP contribution in [0.15, 0.2) is 120 Å². The zero-order valence-electron chi connectivity index (χ0n) is 26.0. The van der Waals surface area contributed by atoms with Gasteiger partial charge < -0.3 is 9.80 Å². The second kappa shape index (κ2) is 11.0. The van der Waals surface area contributed by atoms with Gasteiger partial charge in [0.05, 0.1) is 18.1 Å². The van der Waals surface area contributed by atoms with Crippen molar-refractivity contribution >= 4 is 11.5 Å². The van der Waals surface area contributed by atoms with Gasteiger partial charge in [0.1, 0.15) is 0 Å². The minimum absolute atomic E-state index is 0.216. The monoisotopic (exact) mass is 591 g/mol. The smallest absolute Gasteiger partial charge is 0.234 e. The molecule has 0 bridgehead atoms. The molecule has 0 radical (unpaired) electrons. The van der Waals surface area contributed by atoms with Crippen LogP contribution in [0, 0.1) is 23.7 Å². The van der Waals surface area contributed by atoms with E-state index in [0.29, 0.717) is 35.8 Å². The van der Waals surface area contributed by atoms with Crippen molar-refractivity contribution in [2.75, 3.05) is 4.90 Å². The van der Waals surface area contributed by atoms with Gasteiger partial charge in [0.2, 0.25) is 5.95 Å². The van der Waals surface area contributed by atoms with Gasteiger partial charge in [-0.25, -0.2) is 4.98 Å². The number of likely N-dealkylation sites (tertiary alicyclic amines) is 1. The number of anilines is 1. The summed E-state index contributed by atoms with van der Waals surface area (Å²) in [7, 11) is 0. The summed E-state index contributed by atoms with van der Waals surface area (Å²) < 4.78 is 0. The van der Waals surface area contributed by atoms with Crippen LogP contribution in [0.4, 0.5) is 5.95 Å². The Morgan fingerprint density at radius 1 is 0.778 bits per heavy atom. The number of fused-ring (bicyclic) bond motifs is 6. The number of hydrogen-bond donors (Lipinski definition) is 0. The Morgan fingerprint density at radius 2 is 1.64 bits per heavy atom. The second-order valence-electron chi connectivity index (χ2n) is 13.8. The molecule has 0 saturated carbocycles. The summed E-state index contributed by atoms with van der Waals surface area (Å²) in [4.78, 5) is 21.1. The van der Waals surface area contributed by atoms with E-state index in [4.69, 9.17) is 15.0 Å². The topological polar surface area (TPSA) is 45.2 Å². The van der Waals surface area contributed by atoms with E-state index in [0.717, 1.165) is 60.8 Å². The quantitative estimate of drug-likeness (QED) is 0.334. The third-order valence-electron chi connectivity index (χ3n) is 11.1. The van der Waals surface area contributed by atoms with Crippen LogP contribution in [0.25, 0.3) is 17.0 Å². The molecule has 5 nitrogen and oxygen atoms in total. The highest BCUT2D eigenvalue weighted by atomic mass is 15.4. The van der Waals surface area contributed by atoms with Gasteiger partial charge in [-0.2, -0.15) is 9.97 Å². The first-order chi connectivity index (χ1) is 22.2. The normalized spacial score (nSPS) is 32.7. The average Bonchev–Trinajstić information content (AvgIpc) is 3.62. The lowest BCUT2D eigenvalue weighted by atomic mass is 9.73. The molecule has 7 unspecified atom stereocenters. The van der Waals surface area contributed by atoms with Crippen molar-refractivity contribution in [1.82, 2.24) is 19.9 Å². The maximum Gasteiger partial charge on any atom is 0.234 e. The van der Waals surface area contributed by atoms with E-state index in [2.05, 4.69) is 120 Å². The van der Waals surface area contributed by atoms with Crippen molar-refractivity contribution in [3.05, 3.63) is 126 Å². The van der Waals surface area contributed by atoms with Crippen molar-refractivity contribution in [3.63, 3.8) is 0 Å². The Balaban J connectivity index is 1.23. The van der Waals surface area contributed by atoms with Gasteiger partial charge in [-0.05, 0) is 62.5 Å². The molecule has 0 spiro atoms. The molecule has 1 fully saturated rings. The van der Waals surface area contributed by atoms with E-state index in [1.165, 1.54) is 18.5 Å². The maximum atomic E-state index is 5.33. The Labute approximate surface area is 266 Å². The molecule has 2 aliphatic heterocycles. The minimum Gasteiger partial charge on any atom is -0.362 e. The molecule has 3 heterocycles. The molecular formula is C40H41N5. The number of benzene rings is 1. The number of hydrogen-bond acceptors (Lipinski definition) is 5. The molecule has 9 rings (SSSR count). The van der Waals surface area contributed by atoms with E-state index in [1.54, 1.807) is 11.3 Å². The van der Waals surface area contributed by atoms with Crippen molar-refractivity contribution in [1.29, 1.82) is 0 Å². The first kappa shape index (κ1) is 27.1. The van der Waals surface area contributed by atoms with Crippen molar-refractivity contribution in [3.8, 4) is 11.4 Å². The van der Waals surface area contributed by atoms with Crippen molar-refractivity contribution in [2.45, 2.75) is 70.0 Å². The van der Waals surface area contributed by atoms with Gasteiger partial charge in [0, 0.05) is 40.3 Å². The lowest BCUT2D eigenvalue weighted by Crippen LogP contribution is -2.54. The van der Waals surface area contributed by atoms with Crippen LogP contribution in [0.2, 0.25) is 0 Å². The van der Waals surface area contributed by atoms with Crippen LogP contribution in [0.1, 0.15) is 57.7 Å². The summed E-state index contributed by atoms with van der Waals surface area (Å²) in [5.74, 6) is 4.17. The Morgan fingerprint density at radius 3 is 2.51 bits per heavy atom. The number of nitrogens with zero attached hydrogens (tertiary/aromatic N) is 5. The fourth-order valence-electron chi connectivity index (χ4n) is 9.14. The van der Waals surface area contributed by atoms with Crippen LogP contribution in [-0.2, 0) is 0 Å². The Hall–Kier alpha value is -4.25. The van der Waals surface area contributed by atoms with Gasteiger partial charge in [-0.15, -0.1) is 0 Å². The van der Waals surface area contributed by atoms with E-state index in [1.807, 2.05) is 0 Å². The van der Waals surface area contributed by atoms with Gasteiger partial charge in [0.25, 0.3) is 0 Å². The Bertz CT molecular complexity index is 1750. The lowest BCUT2D eigenvalue weighted by molar-refractivity contribution is 0.200. The van der Waals surface area contributed by atoms with Crippen LogP contribution in [-0.4, -0.2) is 38.0 Å². The van der Waals surface area contributed by atoms with E-state index in [-0.39, 0.29) is 6.04 Å². The number of rotatable bonds is 4. The summed E-state index contributed by atoms with van der Waals surface area (Å²) in [6.07, 6.45) is 36.6. The van der Waals surface area contributed by atoms with E-state index in [9.17, 15) is 0 Å². The third-order valence-corrected chi connectivity index (χ3v) is 11.1. The fraction of sp³-hybridized carbons (Fsp3) is 0.375. The molecule has 1 aromatic heterocycles. The Kier molecular flexibility index (Phi) is 6.61. The first-order valence-corrected chi connectivity index (χ1v) is 17.1. The number of allylic oxidation sites excluding steroid dienone is 10. The van der Waals surface area contributed by atoms with Crippen LogP contribution in [0.5, 0.6) is 0 Å². The third kappa shape index (κ3) is 4.46. The van der Waals surface area contributed by atoms with E-state index < -0.39 is 0 Å². The van der Waals surface area contributed by atoms with Crippen molar-refractivity contribution < 1.29 is 0 Å². The van der Waals surface area contributed by atoms with Gasteiger partial charge in [-0.3, -0.25) is 0 Å². The SMILES string of the molecule is CC1C=C(N2C3C=CC=CC3C3C=CC4C5=C(C=CCC5)N(c5nc(C6=CCCC=C6)nc(-c6ccccc6)n5)C4C32)CCC1. The largest absolute Gasteiger partial charge is 0.362 e. The van der Waals surface area contributed by atoms with E-state index >= 15 is 0 Å².